The van der Waals surface area contributed by atoms with Crippen LogP contribution in [0.4, 0.5) is 4.79 Å². The lowest BCUT2D eigenvalue weighted by molar-refractivity contribution is -0.174. The molecule has 10 atom stereocenters. The molecule has 4 aliphatic rings. The fourth-order valence-electron chi connectivity index (χ4n) is 9.70. The van der Waals surface area contributed by atoms with Gasteiger partial charge in [-0.15, -0.1) is 0 Å². The Morgan fingerprint density at radius 1 is 1.03 bits per heavy atom. The number of alkyl carbamates (subject to hydrolysis) is 1. The van der Waals surface area contributed by atoms with Crippen LogP contribution in [-0.2, 0) is 11.3 Å². The number of nitrogens with one attached hydrogen (secondary N) is 1. The van der Waals surface area contributed by atoms with Crippen LogP contribution in [0.25, 0.3) is 0 Å². The van der Waals surface area contributed by atoms with Crippen LogP contribution in [0.5, 0.6) is 5.75 Å². The van der Waals surface area contributed by atoms with Gasteiger partial charge < -0.3 is 25.0 Å². The van der Waals surface area contributed by atoms with Gasteiger partial charge in [0.1, 0.15) is 12.4 Å². The minimum atomic E-state index is -0.366. The second-order valence-corrected chi connectivity index (χ2v) is 13.6. The monoisotopic (exact) mass is 527 g/mol. The van der Waals surface area contributed by atoms with Crippen molar-refractivity contribution < 1.29 is 24.5 Å². The number of aliphatic hydroxyl groups is 2. The van der Waals surface area contributed by atoms with Crippen LogP contribution in [0.15, 0.2) is 24.3 Å². The van der Waals surface area contributed by atoms with Crippen LogP contribution in [0.2, 0.25) is 0 Å². The third-order valence-electron chi connectivity index (χ3n) is 11.8. The van der Waals surface area contributed by atoms with Crippen LogP contribution < -0.4 is 10.1 Å². The Bertz CT molecular complexity index is 967. The summed E-state index contributed by atoms with van der Waals surface area (Å²) in [5.41, 5.74) is 1.46. The Morgan fingerprint density at radius 2 is 1.74 bits per heavy atom. The van der Waals surface area contributed by atoms with Crippen molar-refractivity contribution in [3.63, 3.8) is 0 Å². The Hall–Kier alpha value is -1.79. The van der Waals surface area contributed by atoms with Crippen molar-refractivity contribution in [2.24, 2.45) is 46.3 Å². The first-order valence-corrected chi connectivity index (χ1v) is 15.1. The van der Waals surface area contributed by atoms with Gasteiger partial charge in [0.15, 0.2) is 0 Å². The van der Waals surface area contributed by atoms with Gasteiger partial charge in [-0.05, 0) is 122 Å². The van der Waals surface area contributed by atoms with Crippen LogP contribution in [0.1, 0.15) is 84.1 Å². The summed E-state index contributed by atoms with van der Waals surface area (Å²) in [4.78, 5) is 12.3. The number of ether oxygens (including phenoxy) is 2. The summed E-state index contributed by atoms with van der Waals surface area (Å²) in [6.07, 6.45) is 8.80. The first-order valence-electron chi connectivity index (χ1n) is 15.1. The zero-order valence-electron chi connectivity index (χ0n) is 23.8. The third-order valence-corrected chi connectivity index (χ3v) is 11.8. The standard InChI is InChI=1S/C32H49NO5/c1-20(13-16-33-30(36)38-19-21-5-7-24(37-4)8-6-21)25-9-10-26-29-27(12-15-32(25,26)3)31(2)14-11-23(34)17-22(31)18-28(29)35/h5-8,20,22-23,25-29,34-35H,9-19H2,1-4H3,(H,33,36)/t20-,22+,23-,25-,26+,27+,28-,29+,31+,32-/m1/s1. The van der Waals surface area contributed by atoms with Crippen molar-refractivity contribution in [2.45, 2.75) is 97.4 Å². The number of aliphatic hydroxyl groups excluding tert-OH is 2. The molecule has 1 aromatic rings. The van der Waals surface area contributed by atoms with E-state index in [2.05, 4.69) is 26.1 Å². The highest BCUT2D eigenvalue weighted by Gasteiger charge is 2.62. The van der Waals surface area contributed by atoms with Gasteiger partial charge in [0.25, 0.3) is 0 Å². The second-order valence-electron chi connectivity index (χ2n) is 13.6. The first kappa shape index (κ1) is 27.8. The molecule has 212 valence electrons. The van der Waals surface area contributed by atoms with Gasteiger partial charge >= 0.3 is 6.09 Å². The molecule has 1 aromatic carbocycles. The van der Waals surface area contributed by atoms with Crippen LogP contribution >= 0.6 is 0 Å². The van der Waals surface area contributed by atoms with Crippen LogP contribution in [0, 0.1) is 46.3 Å². The van der Waals surface area contributed by atoms with E-state index in [1.807, 2.05) is 24.3 Å². The molecule has 0 aromatic heterocycles. The largest absolute Gasteiger partial charge is 0.497 e. The van der Waals surface area contributed by atoms with E-state index in [1.165, 1.54) is 25.7 Å². The number of hydrogen-bond donors (Lipinski definition) is 3. The Balaban J connectivity index is 1.14. The average molecular weight is 528 g/mol. The van der Waals surface area contributed by atoms with Crippen molar-refractivity contribution in [1.82, 2.24) is 5.32 Å². The molecule has 0 radical (unpaired) electrons. The molecular weight excluding hydrogens is 478 g/mol. The van der Waals surface area contributed by atoms with E-state index < -0.39 is 0 Å². The van der Waals surface area contributed by atoms with Gasteiger partial charge in [0.05, 0.1) is 19.3 Å². The van der Waals surface area contributed by atoms with Crippen molar-refractivity contribution in [3.05, 3.63) is 29.8 Å². The van der Waals surface area contributed by atoms with Gasteiger partial charge in [0.2, 0.25) is 0 Å². The maximum absolute atomic E-state index is 12.3. The summed E-state index contributed by atoms with van der Waals surface area (Å²) < 4.78 is 10.6. The van der Waals surface area contributed by atoms with Gasteiger partial charge in [-0.2, -0.15) is 0 Å². The Morgan fingerprint density at radius 3 is 2.47 bits per heavy atom. The maximum atomic E-state index is 12.3. The van der Waals surface area contributed by atoms with Crippen molar-refractivity contribution in [3.8, 4) is 5.75 Å². The van der Waals surface area contributed by atoms with E-state index in [0.29, 0.717) is 42.1 Å². The molecule has 4 fully saturated rings. The molecule has 6 nitrogen and oxygen atoms in total. The van der Waals surface area contributed by atoms with E-state index in [1.54, 1.807) is 7.11 Å². The molecule has 5 rings (SSSR count). The van der Waals surface area contributed by atoms with E-state index in [-0.39, 0.29) is 35.7 Å². The zero-order chi connectivity index (χ0) is 27.1. The molecule has 38 heavy (non-hydrogen) atoms. The lowest BCUT2D eigenvalue weighted by Crippen LogP contribution is -2.58. The van der Waals surface area contributed by atoms with E-state index in [0.717, 1.165) is 43.4 Å². The second kappa shape index (κ2) is 11.0. The summed E-state index contributed by atoms with van der Waals surface area (Å²) in [5, 5.41) is 24.7. The summed E-state index contributed by atoms with van der Waals surface area (Å²) in [6.45, 7) is 8.20. The highest BCUT2D eigenvalue weighted by Crippen LogP contribution is 2.68. The topological polar surface area (TPSA) is 88.0 Å². The highest BCUT2D eigenvalue weighted by molar-refractivity contribution is 5.67. The Kier molecular flexibility index (Phi) is 8.04. The normalized spacial score (nSPS) is 40.8. The lowest BCUT2D eigenvalue weighted by atomic mass is 9.43. The minimum absolute atomic E-state index is 0.185. The predicted molar refractivity (Wildman–Crippen MR) is 148 cm³/mol. The molecule has 0 spiro atoms. The molecule has 0 heterocycles. The average Bonchev–Trinajstić information content (AvgIpc) is 3.26. The number of rotatable bonds is 7. The molecule has 0 bridgehead atoms. The van der Waals surface area contributed by atoms with E-state index >= 15 is 0 Å². The maximum Gasteiger partial charge on any atom is 0.407 e. The molecule has 4 aliphatic carbocycles. The van der Waals surface area contributed by atoms with Gasteiger partial charge in [-0.25, -0.2) is 4.79 Å². The predicted octanol–water partition coefficient (Wildman–Crippen LogP) is 5.94. The summed E-state index contributed by atoms with van der Waals surface area (Å²) in [6, 6.07) is 7.54. The molecule has 1 amide bonds. The molecule has 4 saturated carbocycles. The fraction of sp³-hybridized carbons (Fsp3) is 0.781. The lowest BCUT2D eigenvalue weighted by Gasteiger charge is -2.62. The van der Waals surface area contributed by atoms with Crippen molar-refractivity contribution >= 4 is 6.09 Å². The van der Waals surface area contributed by atoms with Crippen molar-refractivity contribution in [2.75, 3.05) is 13.7 Å². The van der Waals surface area contributed by atoms with Gasteiger partial charge in [0, 0.05) is 6.54 Å². The van der Waals surface area contributed by atoms with Crippen LogP contribution in [-0.4, -0.2) is 42.2 Å². The van der Waals surface area contributed by atoms with E-state index in [4.69, 9.17) is 9.47 Å². The van der Waals surface area contributed by atoms with Gasteiger partial charge in [-0.1, -0.05) is 32.9 Å². The fourth-order valence-corrected chi connectivity index (χ4v) is 9.70. The summed E-state index contributed by atoms with van der Waals surface area (Å²) in [7, 11) is 1.63. The van der Waals surface area contributed by atoms with E-state index in [9.17, 15) is 15.0 Å². The molecule has 0 unspecified atom stereocenters. The smallest absolute Gasteiger partial charge is 0.407 e. The highest BCUT2D eigenvalue weighted by atomic mass is 16.5. The summed E-state index contributed by atoms with van der Waals surface area (Å²) >= 11 is 0. The quantitative estimate of drug-likeness (QED) is 0.409. The zero-order valence-corrected chi connectivity index (χ0v) is 23.8. The number of carbonyl (C=O) groups is 1. The SMILES string of the molecule is COc1ccc(COC(=O)NCC[C@@H](C)[C@H]2CC[C@H]3[C@@H]4[C@H](O)C[C@@H]5C[C@H](O)CC[C@]5(C)[C@H]4CC[C@]23C)cc1. The minimum Gasteiger partial charge on any atom is -0.497 e. The number of benzene rings is 1. The number of carbonyl (C=O) groups excluding carboxylic acids is 1. The van der Waals surface area contributed by atoms with Crippen molar-refractivity contribution in [1.29, 1.82) is 0 Å². The van der Waals surface area contributed by atoms with Crippen LogP contribution in [0.3, 0.4) is 0 Å². The number of amides is 1. The Labute approximate surface area is 228 Å². The first-order chi connectivity index (χ1) is 18.2. The molecule has 0 saturated heterocycles. The summed E-state index contributed by atoms with van der Waals surface area (Å²) in [5.74, 6) is 3.93. The third kappa shape index (κ3) is 5.08. The number of methoxy groups -OCH3 is 1. The molecular formula is C32H49NO5. The number of fused-ring (bicyclic) bond motifs is 5. The van der Waals surface area contributed by atoms with Gasteiger partial charge in [-0.3, -0.25) is 0 Å². The molecule has 6 heteroatoms. The molecule has 0 aliphatic heterocycles. The molecule has 3 N–H and O–H groups in total. The number of hydrogen-bond acceptors (Lipinski definition) is 5.